The minimum absolute atomic E-state index is 0.115. The van der Waals surface area contributed by atoms with Gasteiger partial charge in [0.1, 0.15) is 0 Å². The van der Waals surface area contributed by atoms with Gasteiger partial charge in [0.15, 0.2) is 0 Å². The molecule has 0 aliphatic carbocycles. The number of piperidine rings is 1. The summed E-state index contributed by atoms with van der Waals surface area (Å²) in [6, 6.07) is 13.9. The smallest absolute Gasteiger partial charge is 0.250 e. The zero-order chi connectivity index (χ0) is 22.1. The molecule has 1 atom stereocenters. The summed E-state index contributed by atoms with van der Waals surface area (Å²) < 4.78 is 0. The lowest BCUT2D eigenvalue weighted by Crippen LogP contribution is -2.47. The standard InChI is InChI=1S/C25H30N4O2/c1-16(28(2)3)25(31)29-11-9-18(10-12-29)22-15-27-23-20(22)13-19(14-21(23)24(26)30)17-7-5-4-6-8-17/h4-8,13-16,18,27H,9-12H2,1-3H3,(H2,26,30)/t16-/m0/s1. The molecule has 0 unspecified atom stereocenters. The number of carbonyl (C=O) groups excluding carboxylic acids is 2. The molecule has 31 heavy (non-hydrogen) atoms. The number of nitrogens with two attached hydrogens (primary N) is 1. The Kier molecular flexibility index (Phi) is 5.83. The van der Waals surface area contributed by atoms with Gasteiger partial charge in [-0.15, -0.1) is 0 Å². The predicted molar refractivity (Wildman–Crippen MR) is 124 cm³/mol. The average Bonchev–Trinajstić information content (AvgIpc) is 3.22. The molecule has 0 radical (unpaired) electrons. The van der Waals surface area contributed by atoms with Crippen molar-refractivity contribution in [3.05, 3.63) is 59.8 Å². The van der Waals surface area contributed by atoms with Gasteiger partial charge in [0.2, 0.25) is 5.91 Å². The van der Waals surface area contributed by atoms with E-state index in [0.717, 1.165) is 48.0 Å². The SMILES string of the molecule is C[C@@H](C(=O)N1CCC(c2c[nH]c3c(C(N)=O)cc(-c4ccccc4)cc23)CC1)N(C)C. The third-order valence-electron chi connectivity index (χ3n) is 6.57. The number of primary amides is 1. The minimum atomic E-state index is -0.436. The van der Waals surface area contributed by atoms with Crippen LogP contribution in [0.1, 0.15) is 41.6 Å². The van der Waals surface area contributed by atoms with E-state index in [9.17, 15) is 9.59 Å². The van der Waals surface area contributed by atoms with E-state index in [1.165, 1.54) is 5.56 Å². The number of aromatic amines is 1. The van der Waals surface area contributed by atoms with Crippen LogP contribution in [0.15, 0.2) is 48.7 Å². The van der Waals surface area contributed by atoms with Gasteiger partial charge in [0.25, 0.3) is 5.91 Å². The molecule has 2 amide bonds. The van der Waals surface area contributed by atoms with Crippen LogP contribution >= 0.6 is 0 Å². The number of carbonyl (C=O) groups is 2. The van der Waals surface area contributed by atoms with E-state index >= 15 is 0 Å². The van der Waals surface area contributed by atoms with Crippen LogP contribution in [0.4, 0.5) is 0 Å². The van der Waals surface area contributed by atoms with Gasteiger partial charge in [0.05, 0.1) is 17.1 Å². The fourth-order valence-corrected chi connectivity index (χ4v) is 4.48. The number of amides is 2. The summed E-state index contributed by atoms with van der Waals surface area (Å²) >= 11 is 0. The summed E-state index contributed by atoms with van der Waals surface area (Å²) in [5.74, 6) is 0.0817. The maximum atomic E-state index is 12.7. The second-order valence-electron chi connectivity index (χ2n) is 8.66. The van der Waals surface area contributed by atoms with Crippen molar-refractivity contribution in [1.29, 1.82) is 0 Å². The van der Waals surface area contributed by atoms with E-state index in [1.807, 2.05) is 73.4 Å². The van der Waals surface area contributed by atoms with Crippen LogP contribution in [0.2, 0.25) is 0 Å². The summed E-state index contributed by atoms with van der Waals surface area (Å²) in [7, 11) is 3.86. The fraction of sp³-hybridized carbons (Fsp3) is 0.360. The monoisotopic (exact) mass is 418 g/mol. The van der Waals surface area contributed by atoms with Gasteiger partial charge in [-0.3, -0.25) is 14.5 Å². The normalized spacial score (nSPS) is 16.1. The molecule has 1 aromatic heterocycles. The molecule has 0 saturated carbocycles. The van der Waals surface area contributed by atoms with Gasteiger partial charge in [-0.1, -0.05) is 30.3 Å². The molecule has 1 aliphatic heterocycles. The number of benzene rings is 2. The Balaban J connectivity index is 1.64. The Morgan fingerprint density at radius 1 is 1.10 bits per heavy atom. The predicted octanol–water partition coefficient (Wildman–Crippen LogP) is 3.59. The molecule has 1 saturated heterocycles. The molecule has 0 bridgehead atoms. The van der Waals surface area contributed by atoms with E-state index in [1.54, 1.807) is 0 Å². The highest BCUT2D eigenvalue weighted by atomic mass is 16.2. The summed E-state index contributed by atoms with van der Waals surface area (Å²) in [5, 5.41) is 1.04. The molecule has 2 heterocycles. The number of aromatic nitrogens is 1. The zero-order valence-electron chi connectivity index (χ0n) is 18.4. The first-order chi connectivity index (χ1) is 14.9. The van der Waals surface area contributed by atoms with Crippen molar-refractivity contribution < 1.29 is 9.59 Å². The van der Waals surface area contributed by atoms with Crippen LogP contribution in [0.25, 0.3) is 22.0 Å². The quantitative estimate of drug-likeness (QED) is 0.664. The molecule has 3 aromatic rings. The van der Waals surface area contributed by atoms with Crippen LogP contribution in [0, 0.1) is 0 Å². The number of likely N-dealkylation sites (tertiary alicyclic amines) is 1. The lowest BCUT2D eigenvalue weighted by atomic mass is 9.87. The van der Waals surface area contributed by atoms with Gasteiger partial charge in [0, 0.05) is 24.7 Å². The van der Waals surface area contributed by atoms with Crippen molar-refractivity contribution in [2.45, 2.75) is 31.7 Å². The first-order valence-electron chi connectivity index (χ1n) is 10.8. The van der Waals surface area contributed by atoms with E-state index in [0.29, 0.717) is 11.5 Å². The van der Waals surface area contributed by atoms with Crippen LogP contribution in [-0.4, -0.2) is 59.8 Å². The Morgan fingerprint density at radius 3 is 2.39 bits per heavy atom. The van der Waals surface area contributed by atoms with Gasteiger partial charge in [-0.25, -0.2) is 0 Å². The highest BCUT2D eigenvalue weighted by Crippen LogP contribution is 2.36. The van der Waals surface area contributed by atoms with Crippen molar-refractivity contribution in [3.63, 3.8) is 0 Å². The fourth-order valence-electron chi connectivity index (χ4n) is 4.48. The zero-order valence-corrected chi connectivity index (χ0v) is 18.4. The molecule has 2 aromatic carbocycles. The average molecular weight is 419 g/mol. The molecular weight excluding hydrogens is 388 g/mol. The highest BCUT2D eigenvalue weighted by molar-refractivity contribution is 6.07. The maximum Gasteiger partial charge on any atom is 0.250 e. The van der Waals surface area contributed by atoms with E-state index in [2.05, 4.69) is 11.1 Å². The van der Waals surface area contributed by atoms with Crippen molar-refractivity contribution in [1.82, 2.24) is 14.8 Å². The number of H-pyrrole nitrogens is 1. The number of fused-ring (bicyclic) bond motifs is 1. The lowest BCUT2D eigenvalue weighted by molar-refractivity contribution is -0.136. The van der Waals surface area contributed by atoms with Crippen LogP contribution in [-0.2, 0) is 4.79 Å². The Bertz CT molecular complexity index is 1100. The highest BCUT2D eigenvalue weighted by Gasteiger charge is 2.29. The summed E-state index contributed by atoms with van der Waals surface area (Å²) in [5.41, 5.74) is 10.2. The minimum Gasteiger partial charge on any atom is -0.366 e. The van der Waals surface area contributed by atoms with E-state index < -0.39 is 5.91 Å². The Hall–Kier alpha value is -3.12. The van der Waals surface area contributed by atoms with E-state index in [-0.39, 0.29) is 11.9 Å². The van der Waals surface area contributed by atoms with Crippen molar-refractivity contribution in [3.8, 4) is 11.1 Å². The largest absolute Gasteiger partial charge is 0.366 e. The molecule has 6 nitrogen and oxygen atoms in total. The number of nitrogens with one attached hydrogen (secondary N) is 1. The lowest BCUT2D eigenvalue weighted by Gasteiger charge is -2.35. The van der Waals surface area contributed by atoms with Crippen molar-refractivity contribution in [2.75, 3.05) is 27.2 Å². The van der Waals surface area contributed by atoms with Gasteiger partial charge in [-0.05, 0) is 68.6 Å². The molecule has 4 rings (SSSR count). The number of rotatable bonds is 5. The van der Waals surface area contributed by atoms with Gasteiger partial charge < -0.3 is 15.6 Å². The number of nitrogens with zero attached hydrogens (tertiary/aromatic N) is 2. The second-order valence-corrected chi connectivity index (χ2v) is 8.66. The Labute approximate surface area is 183 Å². The molecule has 0 spiro atoms. The molecule has 1 aliphatic rings. The first kappa shape index (κ1) is 21.1. The van der Waals surface area contributed by atoms with Crippen molar-refractivity contribution >= 4 is 22.7 Å². The molecular formula is C25H30N4O2. The summed E-state index contributed by atoms with van der Waals surface area (Å²) in [6.07, 6.45) is 3.82. The molecule has 6 heteroatoms. The first-order valence-corrected chi connectivity index (χ1v) is 10.8. The van der Waals surface area contributed by atoms with E-state index in [4.69, 9.17) is 5.73 Å². The summed E-state index contributed by atoms with van der Waals surface area (Å²) in [4.78, 5) is 32.1. The van der Waals surface area contributed by atoms with Gasteiger partial charge in [-0.2, -0.15) is 0 Å². The van der Waals surface area contributed by atoms with Crippen LogP contribution < -0.4 is 5.73 Å². The third kappa shape index (κ3) is 4.08. The molecule has 3 N–H and O–H groups in total. The third-order valence-corrected chi connectivity index (χ3v) is 6.57. The number of hydrogen-bond donors (Lipinski definition) is 2. The number of hydrogen-bond acceptors (Lipinski definition) is 3. The summed E-state index contributed by atoms with van der Waals surface area (Å²) in [6.45, 7) is 3.44. The second kappa shape index (κ2) is 8.55. The molecule has 1 fully saturated rings. The van der Waals surface area contributed by atoms with Crippen molar-refractivity contribution in [2.24, 2.45) is 5.73 Å². The van der Waals surface area contributed by atoms with Crippen LogP contribution in [0.3, 0.4) is 0 Å². The molecule has 162 valence electrons. The maximum absolute atomic E-state index is 12.7. The van der Waals surface area contributed by atoms with Crippen LogP contribution in [0.5, 0.6) is 0 Å². The number of likely N-dealkylation sites (N-methyl/N-ethyl adjacent to an activating group) is 1. The topological polar surface area (TPSA) is 82.4 Å². The Morgan fingerprint density at radius 2 is 1.77 bits per heavy atom. The van der Waals surface area contributed by atoms with Gasteiger partial charge >= 0.3 is 0 Å².